The fourth-order valence-corrected chi connectivity index (χ4v) is 1.29. The molecule has 2 aromatic heterocycles. The summed E-state index contributed by atoms with van der Waals surface area (Å²) in [4.78, 5) is 0. The van der Waals surface area contributed by atoms with Crippen LogP contribution in [0.4, 0.5) is 0 Å². The first-order valence-corrected chi connectivity index (χ1v) is 6.58. The van der Waals surface area contributed by atoms with E-state index in [4.69, 9.17) is 0 Å². The summed E-state index contributed by atoms with van der Waals surface area (Å²) in [5, 5.41) is 22.4. The van der Waals surface area contributed by atoms with Crippen molar-refractivity contribution in [1.29, 1.82) is 0 Å². The highest BCUT2D eigenvalue weighted by Crippen LogP contribution is 1.99. The van der Waals surface area contributed by atoms with Gasteiger partial charge in [0.25, 0.3) is 0 Å². The summed E-state index contributed by atoms with van der Waals surface area (Å²) in [6.45, 7) is 7.79. The summed E-state index contributed by atoms with van der Waals surface area (Å²) in [5.41, 5.74) is 2.25. The van der Waals surface area contributed by atoms with E-state index in [1.165, 1.54) is 0 Å². The summed E-state index contributed by atoms with van der Waals surface area (Å²) in [7, 11) is 3.82. The molecule has 0 aliphatic carbocycles. The average Bonchev–Trinajstić information content (AvgIpc) is 3.09. The van der Waals surface area contributed by atoms with Gasteiger partial charge in [-0.15, -0.1) is 20.4 Å². The second-order valence-corrected chi connectivity index (χ2v) is 4.83. The second kappa shape index (κ2) is 8.03. The molecule has 0 saturated carbocycles. The fourth-order valence-electron chi connectivity index (χ4n) is 1.29. The molecule has 114 valence electrons. The van der Waals surface area contributed by atoms with Crippen molar-refractivity contribution in [2.45, 2.75) is 34.1 Å². The van der Waals surface area contributed by atoms with Crippen molar-refractivity contribution < 1.29 is 0 Å². The van der Waals surface area contributed by atoms with Gasteiger partial charge in [-0.2, -0.15) is 10.2 Å². The minimum Gasteiger partial charge on any atom is -0.321 e. The zero-order chi connectivity index (χ0) is 15.8. The molecule has 2 aromatic rings. The Kier molecular flexibility index (Phi) is 6.38. The molecule has 0 N–H and O–H groups in total. The predicted molar refractivity (Wildman–Crippen MR) is 82.3 cm³/mol. The third-order valence-electron chi connectivity index (χ3n) is 2.78. The maximum absolute atomic E-state index is 3.82. The molecule has 8 heteroatoms. The van der Waals surface area contributed by atoms with E-state index in [1.807, 2.05) is 50.9 Å². The number of hydrogen-bond acceptors (Lipinski definition) is 6. The summed E-state index contributed by atoms with van der Waals surface area (Å²) in [5.74, 6) is 1.89. The first kappa shape index (κ1) is 16.7. The zero-order valence-corrected chi connectivity index (χ0v) is 13.4. The first-order valence-electron chi connectivity index (χ1n) is 6.58. The Labute approximate surface area is 124 Å². The minimum atomic E-state index is 0.944. The van der Waals surface area contributed by atoms with Gasteiger partial charge < -0.3 is 9.13 Å². The quantitative estimate of drug-likeness (QED) is 0.735. The van der Waals surface area contributed by atoms with Crippen molar-refractivity contribution in [3.8, 4) is 0 Å². The molecule has 0 saturated heterocycles. The molecule has 3 heterocycles. The Balaban J connectivity index is 0.000000157. The van der Waals surface area contributed by atoms with E-state index in [1.54, 1.807) is 12.7 Å². The highest BCUT2D eigenvalue weighted by molar-refractivity contribution is 6.05. The molecule has 0 unspecified atom stereocenters. The molecule has 1 aliphatic heterocycles. The molecule has 1 aliphatic rings. The van der Waals surface area contributed by atoms with Gasteiger partial charge in [0.15, 0.2) is 0 Å². The van der Waals surface area contributed by atoms with Crippen LogP contribution >= 0.6 is 0 Å². The van der Waals surface area contributed by atoms with Crippen molar-refractivity contribution in [2.24, 2.45) is 24.3 Å². The Morgan fingerprint density at radius 3 is 1.24 bits per heavy atom. The lowest BCUT2D eigenvalue weighted by Gasteiger charge is -1.84. The van der Waals surface area contributed by atoms with Crippen LogP contribution in [0.15, 0.2) is 22.9 Å². The van der Waals surface area contributed by atoms with Crippen LogP contribution in [0, 0.1) is 13.8 Å². The standard InChI is InChI=1S/C5H8N2.2C4H7N3/c1-4-3-5(2)7-6-4;2*1-4-6-5-3-7(4)2/h3H2,1-2H3;2*3H,1-2H3. The van der Waals surface area contributed by atoms with Gasteiger partial charge in [0.05, 0.1) is 0 Å². The Hall–Kier alpha value is -2.38. The van der Waals surface area contributed by atoms with Gasteiger partial charge in [0.2, 0.25) is 0 Å². The van der Waals surface area contributed by atoms with Gasteiger partial charge in [-0.25, -0.2) is 0 Å². The van der Waals surface area contributed by atoms with E-state index in [2.05, 4.69) is 30.6 Å². The largest absolute Gasteiger partial charge is 0.321 e. The minimum absolute atomic E-state index is 0.944. The Bertz CT molecular complexity index is 532. The molecular formula is C13H22N8. The number of nitrogens with zero attached hydrogens (tertiary/aromatic N) is 8. The first-order chi connectivity index (χ1) is 9.90. The third kappa shape index (κ3) is 6.07. The zero-order valence-electron chi connectivity index (χ0n) is 13.4. The normalized spacial score (nSPS) is 12.7. The molecular weight excluding hydrogens is 268 g/mol. The second-order valence-electron chi connectivity index (χ2n) is 4.83. The summed E-state index contributed by atoms with van der Waals surface area (Å²) >= 11 is 0. The van der Waals surface area contributed by atoms with Crippen molar-refractivity contribution in [3.05, 3.63) is 24.3 Å². The van der Waals surface area contributed by atoms with Crippen LogP contribution in [0.2, 0.25) is 0 Å². The van der Waals surface area contributed by atoms with E-state index in [-0.39, 0.29) is 0 Å². The van der Waals surface area contributed by atoms with Crippen LogP contribution in [0.3, 0.4) is 0 Å². The summed E-state index contributed by atoms with van der Waals surface area (Å²) < 4.78 is 3.72. The maximum atomic E-state index is 3.82. The molecule has 8 nitrogen and oxygen atoms in total. The summed E-state index contributed by atoms with van der Waals surface area (Å²) in [6, 6.07) is 0. The number of aromatic nitrogens is 6. The Morgan fingerprint density at radius 2 is 1.14 bits per heavy atom. The SMILES string of the molecule is CC1=NN=C(C)C1.Cc1nncn1C.Cc1nncn1C. The lowest BCUT2D eigenvalue weighted by atomic mass is 10.2. The molecule has 0 fully saturated rings. The van der Waals surface area contributed by atoms with Crippen LogP contribution in [-0.4, -0.2) is 41.0 Å². The monoisotopic (exact) mass is 290 g/mol. The highest BCUT2D eigenvalue weighted by Gasteiger charge is 2.00. The van der Waals surface area contributed by atoms with Gasteiger partial charge in [0.1, 0.15) is 24.3 Å². The molecule has 0 bridgehead atoms. The topological polar surface area (TPSA) is 86.1 Å². The van der Waals surface area contributed by atoms with E-state index in [0.717, 1.165) is 29.5 Å². The van der Waals surface area contributed by atoms with Gasteiger partial charge in [-0.3, -0.25) is 0 Å². The van der Waals surface area contributed by atoms with Gasteiger partial charge in [-0.05, 0) is 27.7 Å². The average molecular weight is 290 g/mol. The molecule has 0 amide bonds. The van der Waals surface area contributed by atoms with Crippen LogP contribution in [0.25, 0.3) is 0 Å². The van der Waals surface area contributed by atoms with Gasteiger partial charge >= 0.3 is 0 Å². The molecule has 0 radical (unpaired) electrons. The Morgan fingerprint density at radius 1 is 0.762 bits per heavy atom. The highest BCUT2D eigenvalue weighted by atomic mass is 15.2. The molecule has 3 rings (SSSR count). The van der Waals surface area contributed by atoms with Crippen molar-refractivity contribution in [1.82, 2.24) is 29.5 Å². The molecule has 0 atom stereocenters. The maximum Gasteiger partial charge on any atom is 0.129 e. The fraction of sp³-hybridized carbons (Fsp3) is 0.538. The van der Waals surface area contributed by atoms with Crippen molar-refractivity contribution in [3.63, 3.8) is 0 Å². The van der Waals surface area contributed by atoms with Crippen LogP contribution in [-0.2, 0) is 14.1 Å². The van der Waals surface area contributed by atoms with Crippen LogP contribution in [0.5, 0.6) is 0 Å². The van der Waals surface area contributed by atoms with Crippen molar-refractivity contribution >= 4 is 11.4 Å². The van der Waals surface area contributed by atoms with Crippen LogP contribution < -0.4 is 0 Å². The number of rotatable bonds is 0. The molecule has 0 aromatic carbocycles. The van der Waals surface area contributed by atoms with E-state index < -0.39 is 0 Å². The predicted octanol–water partition coefficient (Wildman–Crippen LogP) is 1.47. The lowest BCUT2D eigenvalue weighted by molar-refractivity contribution is 0.858. The van der Waals surface area contributed by atoms with Gasteiger partial charge in [0, 0.05) is 31.9 Å². The van der Waals surface area contributed by atoms with Gasteiger partial charge in [-0.1, -0.05) is 0 Å². The molecule has 0 spiro atoms. The van der Waals surface area contributed by atoms with E-state index in [0.29, 0.717) is 0 Å². The summed E-state index contributed by atoms with van der Waals surface area (Å²) in [6.07, 6.45) is 4.32. The van der Waals surface area contributed by atoms with Crippen molar-refractivity contribution in [2.75, 3.05) is 0 Å². The number of hydrogen-bond donors (Lipinski definition) is 0. The third-order valence-corrected chi connectivity index (χ3v) is 2.78. The van der Waals surface area contributed by atoms with Crippen LogP contribution in [0.1, 0.15) is 31.9 Å². The van der Waals surface area contributed by atoms with E-state index in [9.17, 15) is 0 Å². The number of aryl methyl sites for hydroxylation is 4. The van der Waals surface area contributed by atoms with E-state index >= 15 is 0 Å². The molecule has 21 heavy (non-hydrogen) atoms. The lowest BCUT2D eigenvalue weighted by Crippen LogP contribution is -1.90. The smallest absolute Gasteiger partial charge is 0.129 e.